The fourth-order valence-electron chi connectivity index (χ4n) is 3.53. The third kappa shape index (κ3) is 2.54. The Morgan fingerprint density at radius 3 is 2.95 bits per heavy atom. The Labute approximate surface area is 115 Å². The van der Waals surface area contributed by atoms with Crippen molar-refractivity contribution >= 4 is 0 Å². The molecule has 2 unspecified atom stereocenters. The average Bonchev–Trinajstić information content (AvgIpc) is 2.84. The molecule has 1 aromatic heterocycles. The number of nitrogens with zero attached hydrogens (tertiary/aromatic N) is 4. The van der Waals surface area contributed by atoms with Crippen LogP contribution in [-0.4, -0.2) is 38.3 Å². The molecule has 0 radical (unpaired) electrons. The molecule has 3 heterocycles. The molecule has 0 amide bonds. The Morgan fingerprint density at radius 1 is 1.21 bits per heavy atom. The van der Waals surface area contributed by atoms with Crippen molar-refractivity contribution in [3.8, 4) is 0 Å². The van der Waals surface area contributed by atoms with Crippen molar-refractivity contribution in [3.63, 3.8) is 0 Å². The van der Waals surface area contributed by atoms with Gasteiger partial charge in [0.05, 0.1) is 6.54 Å². The number of hydrogen-bond acceptors (Lipinski definition) is 4. The number of nitrogens with two attached hydrogens (primary N) is 1. The second-order valence-electron chi connectivity index (χ2n) is 5.98. The normalized spacial score (nSPS) is 28.3. The van der Waals surface area contributed by atoms with Crippen LogP contribution in [0, 0.1) is 0 Å². The van der Waals surface area contributed by atoms with E-state index in [1.54, 1.807) is 0 Å². The summed E-state index contributed by atoms with van der Waals surface area (Å²) in [6.07, 6.45) is 7.40. The standard InChI is InChI=1S/C14H25N5/c1-11-5-4-6-12(9-15)19(11)10-14-17-16-13-7-2-3-8-18(13)14/h11-12H,2-10,15H2,1H3. The van der Waals surface area contributed by atoms with E-state index in [0.717, 1.165) is 31.9 Å². The highest BCUT2D eigenvalue weighted by Gasteiger charge is 2.28. The van der Waals surface area contributed by atoms with Crippen LogP contribution in [0.2, 0.25) is 0 Å². The van der Waals surface area contributed by atoms with Gasteiger partial charge in [-0.1, -0.05) is 6.42 Å². The molecule has 1 saturated heterocycles. The topological polar surface area (TPSA) is 60.0 Å². The van der Waals surface area contributed by atoms with Crippen molar-refractivity contribution < 1.29 is 0 Å². The van der Waals surface area contributed by atoms with E-state index in [0.29, 0.717) is 12.1 Å². The first-order valence-corrected chi connectivity index (χ1v) is 7.66. The molecule has 1 fully saturated rings. The van der Waals surface area contributed by atoms with Crippen LogP contribution in [0.1, 0.15) is 50.7 Å². The van der Waals surface area contributed by atoms with E-state index in [9.17, 15) is 0 Å². The van der Waals surface area contributed by atoms with Crippen molar-refractivity contribution in [1.82, 2.24) is 19.7 Å². The molecule has 2 N–H and O–H groups in total. The first-order valence-electron chi connectivity index (χ1n) is 7.66. The Bertz CT molecular complexity index is 427. The summed E-state index contributed by atoms with van der Waals surface area (Å²) in [6, 6.07) is 1.12. The minimum atomic E-state index is 0.514. The lowest BCUT2D eigenvalue weighted by atomic mass is 9.96. The quantitative estimate of drug-likeness (QED) is 0.893. The SMILES string of the molecule is CC1CCCC(CN)N1Cc1nnc2n1CCCC2. The zero-order chi connectivity index (χ0) is 13.2. The van der Waals surface area contributed by atoms with Gasteiger partial charge in [0.1, 0.15) is 11.6 Å². The second-order valence-corrected chi connectivity index (χ2v) is 5.98. The minimum Gasteiger partial charge on any atom is -0.329 e. The maximum Gasteiger partial charge on any atom is 0.147 e. The van der Waals surface area contributed by atoms with E-state index < -0.39 is 0 Å². The molecule has 0 aromatic carbocycles. The van der Waals surface area contributed by atoms with Gasteiger partial charge in [0, 0.05) is 31.6 Å². The highest BCUT2D eigenvalue weighted by Crippen LogP contribution is 2.25. The van der Waals surface area contributed by atoms with E-state index in [1.807, 2.05) is 0 Å². The van der Waals surface area contributed by atoms with E-state index in [4.69, 9.17) is 5.73 Å². The molecule has 5 nitrogen and oxygen atoms in total. The fourth-order valence-corrected chi connectivity index (χ4v) is 3.53. The lowest BCUT2D eigenvalue weighted by Crippen LogP contribution is -2.48. The molecule has 0 aliphatic carbocycles. The van der Waals surface area contributed by atoms with Gasteiger partial charge < -0.3 is 10.3 Å². The van der Waals surface area contributed by atoms with E-state index in [1.165, 1.54) is 37.9 Å². The van der Waals surface area contributed by atoms with Gasteiger partial charge in [-0.15, -0.1) is 10.2 Å². The van der Waals surface area contributed by atoms with Gasteiger partial charge in [-0.25, -0.2) is 0 Å². The molecule has 2 atom stereocenters. The molecule has 5 heteroatoms. The Balaban J connectivity index is 1.77. The van der Waals surface area contributed by atoms with E-state index in [-0.39, 0.29) is 0 Å². The molecule has 2 aliphatic rings. The first-order chi connectivity index (χ1) is 9.29. The summed E-state index contributed by atoms with van der Waals surface area (Å²) < 4.78 is 2.33. The number of likely N-dealkylation sites (tertiary alicyclic amines) is 1. The molecule has 19 heavy (non-hydrogen) atoms. The molecule has 0 bridgehead atoms. The highest BCUT2D eigenvalue weighted by atomic mass is 15.3. The van der Waals surface area contributed by atoms with Crippen LogP contribution in [0.4, 0.5) is 0 Å². The third-order valence-corrected chi connectivity index (χ3v) is 4.73. The lowest BCUT2D eigenvalue weighted by molar-refractivity contribution is 0.0846. The summed E-state index contributed by atoms with van der Waals surface area (Å²) in [5.74, 6) is 2.32. The smallest absolute Gasteiger partial charge is 0.147 e. The number of aryl methyl sites for hydroxylation is 1. The van der Waals surface area contributed by atoms with Crippen molar-refractivity contribution in [2.75, 3.05) is 6.54 Å². The predicted octanol–water partition coefficient (Wildman–Crippen LogP) is 1.32. The highest BCUT2D eigenvalue weighted by molar-refractivity contribution is 5.00. The molecule has 2 aliphatic heterocycles. The van der Waals surface area contributed by atoms with Crippen LogP contribution >= 0.6 is 0 Å². The van der Waals surface area contributed by atoms with Crippen LogP contribution in [-0.2, 0) is 19.5 Å². The maximum atomic E-state index is 5.94. The predicted molar refractivity (Wildman–Crippen MR) is 74.7 cm³/mol. The Morgan fingerprint density at radius 2 is 2.11 bits per heavy atom. The zero-order valence-electron chi connectivity index (χ0n) is 11.9. The summed E-state index contributed by atoms with van der Waals surface area (Å²) in [5, 5.41) is 8.78. The van der Waals surface area contributed by atoms with Crippen LogP contribution in [0.15, 0.2) is 0 Å². The third-order valence-electron chi connectivity index (χ3n) is 4.73. The van der Waals surface area contributed by atoms with Crippen molar-refractivity contribution in [1.29, 1.82) is 0 Å². The van der Waals surface area contributed by atoms with Gasteiger partial charge in [0.2, 0.25) is 0 Å². The van der Waals surface area contributed by atoms with Crippen molar-refractivity contribution in [2.24, 2.45) is 5.73 Å². The Kier molecular flexibility index (Phi) is 3.84. The van der Waals surface area contributed by atoms with E-state index in [2.05, 4.69) is 26.6 Å². The van der Waals surface area contributed by atoms with Crippen LogP contribution in [0.5, 0.6) is 0 Å². The molecule has 106 valence electrons. The van der Waals surface area contributed by atoms with Crippen LogP contribution in [0.25, 0.3) is 0 Å². The molecular formula is C14H25N5. The first kappa shape index (κ1) is 13.1. The number of rotatable bonds is 3. The summed E-state index contributed by atoms with van der Waals surface area (Å²) in [6.45, 7) is 5.07. The fraction of sp³-hybridized carbons (Fsp3) is 0.857. The largest absolute Gasteiger partial charge is 0.329 e. The number of piperidine rings is 1. The van der Waals surface area contributed by atoms with Crippen LogP contribution in [0.3, 0.4) is 0 Å². The summed E-state index contributed by atoms with van der Waals surface area (Å²) >= 11 is 0. The molecule has 3 rings (SSSR count). The maximum absolute atomic E-state index is 5.94. The van der Waals surface area contributed by atoms with Gasteiger partial charge in [-0.3, -0.25) is 4.90 Å². The zero-order valence-corrected chi connectivity index (χ0v) is 11.9. The molecule has 0 saturated carbocycles. The monoisotopic (exact) mass is 263 g/mol. The van der Waals surface area contributed by atoms with Gasteiger partial charge in [0.25, 0.3) is 0 Å². The van der Waals surface area contributed by atoms with Crippen LogP contribution < -0.4 is 5.73 Å². The summed E-state index contributed by atoms with van der Waals surface area (Å²) in [5.41, 5.74) is 5.94. The van der Waals surface area contributed by atoms with Gasteiger partial charge in [-0.2, -0.15) is 0 Å². The molecule has 1 aromatic rings. The molecule has 0 spiro atoms. The Hall–Kier alpha value is -0.940. The average molecular weight is 263 g/mol. The summed E-state index contributed by atoms with van der Waals surface area (Å²) in [4.78, 5) is 2.54. The number of hydrogen-bond donors (Lipinski definition) is 1. The summed E-state index contributed by atoms with van der Waals surface area (Å²) in [7, 11) is 0. The van der Waals surface area contributed by atoms with Gasteiger partial charge in [-0.05, 0) is 32.6 Å². The van der Waals surface area contributed by atoms with Crippen molar-refractivity contribution in [3.05, 3.63) is 11.6 Å². The van der Waals surface area contributed by atoms with E-state index >= 15 is 0 Å². The van der Waals surface area contributed by atoms with Crippen molar-refractivity contribution in [2.45, 2.75) is 70.6 Å². The second kappa shape index (κ2) is 5.59. The molecular weight excluding hydrogens is 238 g/mol. The number of fused-ring (bicyclic) bond motifs is 1. The minimum absolute atomic E-state index is 0.514. The lowest BCUT2D eigenvalue weighted by Gasteiger charge is -2.40. The number of aromatic nitrogens is 3. The van der Waals surface area contributed by atoms with Gasteiger partial charge >= 0.3 is 0 Å². The van der Waals surface area contributed by atoms with Gasteiger partial charge in [0.15, 0.2) is 0 Å².